The summed E-state index contributed by atoms with van der Waals surface area (Å²) >= 11 is 0. The number of nitrogens with one attached hydrogen (secondary N) is 2. The van der Waals surface area contributed by atoms with Crippen LogP contribution < -0.4 is 10.6 Å². The van der Waals surface area contributed by atoms with E-state index in [9.17, 15) is 27.6 Å². The third-order valence-electron chi connectivity index (χ3n) is 5.79. The zero-order valence-electron chi connectivity index (χ0n) is 21.9. The lowest BCUT2D eigenvalue weighted by Gasteiger charge is -2.43. The second-order valence-corrected chi connectivity index (χ2v) is 10.6. The zero-order chi connectivity index (χ0) is 29.1. The van der Waals surface area contributed by atoms with E-state index in [1.807, 2.05) is 12.1 Å². The van der Waals surface area contributed by atoms with E-state index in [1.54, 1.807) is 48.5 Å². The molecule has 1 aliphatic heterocycles. The highest BCUT2D eigenvalue weighted by Crippen LogP contribution is 2.33. The molecule has 0 radical (unpaired) electrons. The summed E-state index contributed by atoms with van der Waals surface area (Å²) in [5.41, 5.74) is 1.49. The molecule has 3 amide bonds. The van der Waals surface area contributed by atoms with Crippen molar-refractivity contribution in [1.29, 1.82) is 0 Å². The number of hydrogen-bond donors (Lipinski definition) is 2. The first-order chi connectivity index (χ1) is 19.1. The van der Waals surface area contributed by atoms with Crippen molar-refractivity contribution in [1.82, 2.24) is 14.9 Å². The Morgan fingerprint density at radius 3 is 2.08 bits per heavy atom. The number of nitrogens with zero attached hydrogens (tertiary/aromatic N) is 2. The standard InChI is InChI=1S/C26H30N4O9S/c1-37-23(32)21-20(22(31)30(21)40(2,35)36)14-9-15-27-24(28-25(33)38-16-18-10-5-3-6-11-18)29-26(34)39-17-19-12-7-4-8-13-19/h3-8,10-13,20-21H,9,14-17H2,1-2H3,(H2,27,28,29,33,34)/t20-,21+/m0/s1. The number of esters is 1. The first-order valence-corrected chi connectivity index (χ1v) is 14.1. The summed E-state index contributed by atoms with van der Waals surface area (Å²) in [7, 11) is -2.84. The number of aliphatic imine (C=N–C) groups is 1. The Morgan fingerprint density at radius 2 is 1.52 bits per heavy atom. The maximum absolute atomic E-state index is 12.4. The van der Waals surface area contributed by atoms with Crippen LogP contribution in [0.2, 0.25) is 0 Å². The summed E-state index contributed by atoms with van der Waals surface area (Å²) in [4.78, 5) is 52.9. The van der Waals surface area contributed by atoms with Gasteiger partial charge >= 0.3 is 18.2 Å². The molecule has 40 heavy (non-hydrogen) atoms. The lowest BCUT2D eigenvalue weighted by molar-refractivity contribution is -0.165. The number of carbonyl (C=O) groups excluding carboxylic acids is 4. The number of carbonyl (C=O) groups is 4. The fourth-order valence-electron chi connectivity index (χ4n) is 3.89. The van der Waals surface area contributed by atoms with Gasteiger partial charge in [0.05, 0.1) is 19.3 Å². The lowest BCUT2D eigenvalue weighted by atomic mass is 9.86. The van der Waals surface area contributed by atoms with Crippen molar-refractivity contribution in [3.63, 3.8) is 0 Å². The van der Waals surface area contributed by atoms with E-state index < -0.39 is 46.0 Å². The van der Waals surface area contributed by atoms with Crippen LogP contribution in [0.5, 0.6) is 0 Å². The summed E-state index contributed by atoms with van der Waals surface area (Å²) in [6.45, 7) is 0.0404. The largest absolute Gasteiger partial charge is 0.467 e. The third kappa shape index (κ3) is 8.53. The number of sulfonamides is 1. The summed E-state index contributed by atoms with van der Waals surface area (Å²) in [6.07, 6.45) is -0.642. The molecule has 0 aromatic heterocycles. The normalized spacial score (nSPS) is 16.9. The van der Waals surface area contributed by atoms with Gasteiger partial charge in [-0.25, -0.2) is 27.1 Å². The third-order valence-corrected chi connectivity index (χ3v) is 6.92. The predicted octanol–water partition coefficient (Wildman–Crippen LogP) is 1.93. The van der Waals surface area contributed by atoms with E-state index in [4.69, 9.17) is 9.47 Å². The topological polar surface area (TPSA) is 170 Å². The number of guanidine groups is 1. The fourth-order valence-corrected chi connectivity index (χ4v) is 5.00. The van der Waals surface area contributed by atoms with Gasteiger partial charge in [0, 0.05) is 6.54 Å². The number of hydrogen-bond acceptors (Lipinski definition) is 9. The molecule has 0 aliphatic carbocycles. The number of ether oxygens (including phenoxy) is 3. The maximum Gasteiger partial charge on any atom is 0.437 e. The number of benzene rings is 2. The van der Waals surface area contributed by atoms with Crippen LogP contribution in [0.15, 0.2) is 65.7 Å². The minimum atomic E-state index is -3.94. The van der Waals surface area contributed by atoms with Crippen LogP contribution in [0.3, 0.4) is 0 Å². The molecule has 214 valence electrons. The summed E-state index contributed by atoms with van der Waals surface area (Å²) in [6, 6.07) is 16.6. The second-order valence-electron chi connectivity index (χ2n) is 8.73. The molecule has 1 fully saturated rings. The van der Waals surface area contributed by atoms with E-state index >= 15 is 0 Å². The SMILES string of the molecule is COC(=O)[C@H]1[C@H](CCCNC(=NC(=O)OCc2ccccc2)NC(=O)OCc2ccccc2)C(=O)N1S(C)(=O)=O. The monoisotopic (exact) mass is 574 g/mol. The molecule has 2 atom stereocenters. The average Bonchev–Trinajstić information content (AvgIpc) is 2.93. The molecule has 1 heterocycles. The number of rotatable bonds is 10. The Labute approximate surface area is 231 Å². The second kappa shape index (κ2) is 14.1. The van der Waals surface area contributed by atoms with Gasteiger partial charge in [0.25, 0.3) is 0 Å². The molecular weight excluding hydrogens is 544 g/mol. The van der Waals surface area contributed by atoms with Crippen molar-refractivity contribution in [3.8, 4) is 0 Å². The van der Waals surface area contributed by atoms with E-state index in [0.717, 1.165) is 24.5 Å². The van der Waals surface area contributed by atoms with E-state index in [2.05, 4.69) is 20.4 Å². The minimum absolute atomic E-state index is 0.0199. The van der Waals surface area contributed by atoms with Crippen molar-refractivity contribution in [2.75, 3.05) is 19.9 Å². The van der Waals surface area contributed by atoms with E-state index in [0.29, 0.717) is 4.31 Å². The zero-order valence-corrected chi connectivity index (χ0v) is 22.8. The molecule has 3 rings (SSSR count). The van der Waals surface area contributed by atoms with E-state index in [1.165, 1.54) is 0 Å². The van der Waals surface area contributed by atoms with Gasteiger partial charge in [0.1, 0.15) is 13.2 Å². The van der Waals surface area contributed by atoms with Gasteiger partial charge in [-0.1, -0.05) is 60.7 Å². The van der Waals surface area contributed by atoms with Gasteiger partial charge < -0.3 is 19.5 Å². The molecule has 0 unspecified atom stereocenters. The molecule has 0 bridgehead atoms. The number of methoxy groups -OCH3 is 1. The molecule has 2 aromatic rings. The van der Waals surface area contributed by atoms with Crippen LogP contribution in [0.25, 0.3) is 0 Å². The molecule has 13 nitrogen and oxygen atoms in total. The first kappa shape index (κ1) is 30.1. The Kier molecular flexibility index (Phi) is 10.6. The van der Waals surface area contributed by atoms with Crippen LogP contribution in [0.1, 0.15) is 24.0 Å². The fraction of sp³-hybridized carbons (Fsp3) is 0.346. The molecule has 1 aliphatic rings. The Bertz CT molecular complexity index is 1330. The Hall–Kier alpha value is -4.46. The molecule has 0 spiro atoms. The number of alkyl carbamates (subject to hydrolysis) is 1. The van der Waals surface area contributed by atoms with Crippen molar-refractivity contribution < 1.29 is 41.8 Å². The highest BCUT2D eigenvalue weighted by atomic mass is 32.2. The van der Waals surface area contributed by atoms with Crippen LogP contribution in [-0.4, -0.2) is 68.7 Å². The van der Waals surface area contributed by atoms with Crippen molar-refractivity contribution in [3.05, 3.63) is 71.8 Å². The Morgan fingerprint density at radius 1 is 0.950 bits per heavy atom. The van der Waals surface area contributed by atoms with Gasteiger partial charge in [-0.05, 0) is 24.0 Å². The predicted molar refractivity (Wildman–Crippen MR) is 142 cm³/mol. The average molecular weight is 575 g/mol. The van der Waals surface area contributed by atoms with Crippen LogP contribution in [0.4, 0.5) is 9.59 Å². The number of amides is 3. The lowest BCUT2D eigenvalue weighted by Crippen LogP contribution is -2.66. The van der Waals surface area contributed by atoms with Crippen molar-refractivity contribution >= 4 is 40.0 Å². The molecule has 0 saturated carbocycles. The summed E-state index contributed by atoms with van der Waals surface area (Å²) in [5, 5.41) is 5.13. The first-order valence-electron chi connectivity index (χ1n) is 12.2. The molecular formula is C26H30N4O9S. The molecule has 2 aromatic carbocycles. The van der Waals surface area contributed by atoms with Crippen LogP contribution in [-0.2, 0) is 47.0 Å². The maximum atomic E-state index is 12.4. The summed E-state index contributed by atoms with van der Waals surface area (Å²) < 4.78 is 39.2. The smallest absolute Gasteiger partial charge is 0.437 e. The van der Waals surface area contributed by atoms with Gasteiger partial charge in [-0.15, -0.1) is 4.99 Å². The molecule has 1 saturated heterocycles. The molecule has 14 heteroatoms. The van der Waals surface area contributed by atoms with Crippen molar-refractivity contribution in [2.45, 2.75) is 32.1 Å². The van der Waals surface area contributed by atoms with Gasteiger partial charge in [-0.2, -0.15) is 0 Å². The number of β-lactam (4-membered cyclic amide) rings is 1. The van der Waals surface area contributed by atoms with Gasteiger partial charge in [0.15, 0.2) is 6.04 Å². The minimum Gasteiger partial charge on any atom is -0.467 e. The van der Waals surface area contributed by atoms with E-state index in [-0.39, 0.29) is 38.6 Å². The Balaban J connectivity index is 1.59. The highest BCUT2D eigenvalue weighted by Gasteiger charge is 2.55. The van der Waals surface area contributed by atoms with Crippen LogP contribution >= 0.6 is 0 Å². The van der Waals surface area contributed by atoms with Gasteiger partial charge in [0.2, 0.25) is 21.9 Å². The highest BCUT2D eigenvalue weighted by molar-refractivity contribution is 7.89. The van der Waals surface area contributed by atoms with Gasteiger partial charge in [-0.3, -0.25) is 10.1 Å². The molecule has 2 N–H and O–H groups in total. The quantitative estimate of drug-likeness (QED) is 0.107. The van der Waals surface area contributed by atoms with Crippen molar-refractivity contribution in [2.24, 2.45) is 10.9 Å². The summed E-state index contributed by atoms with van der Waals surface area (Å²) in [5.74, 6) is -2.70. The van der Waals surface area contributed by atoms with Crippen LogP contribution in [0, 0.1) is 5.92 Å².